The molecule has 728 valence electrons. The van der Waals surface area contributed by atoms with Gasteiger partial charge in [0.05, 0.1) is 37.5 Å². The van der Waals surface area contributed by atoms with E-state index in [0.717, 1.165) is 31.5 Å². The fraction of sp³-hybridized carbons (Fsp3) is 0.528. The van der Waals surface area contributed by atoms with E-state index in [0.29, 0.717) is 63.1 Å². The number of hydrogen-bond donors (Lipinski definition) is 19. The van der Waals surface area contributed by atoms with Gasteiger partial charge in [0.15, 0.2) is 5.78 Å². The number of phenolic OH excluding ortho intramolecular Hbond substituents is 1. The Kier molecular flexibility index (Phi) is 39.7. The second-order valence-corrected chi connectivity index (χ2v) is 34.7. The van der Waals surface area contributed by atoms with Crippen molar-refractivity contribution in [1.82, 2.24) is 82.3 Å². The molecular weight excluding hydrogens is 1770 g/mol. The lowest BCUT2D eigenvalue weighted by Gasteiger charge is -2.36. The number of aliphatic carboxylic acids is 3. The van der Waals surface area contributed by atoms with Gasteiger partial charge in [-0.1, -0.05) is 88.1 Å². The van der Waals surface area contributed by atoms with E-state index in [4.69, 9.17) is 11.5 Å². The van der Waals surface area contributed by atoms with Crippen LogP contribution in [0.2, 0.25) is 0 Å². The number of carboxylic acid groups (broad SMARTS) is 3. The molecule has 0 saturated carbocycles. The largest absolute Gasteiger partial charge is 0.508 e. The lowest BCUT2D eigenvalue weighted by molar-refractivity contribution is -0.149. The molecule has 5 aromatic rings. The third-order valence-corrected chi connectivity index (χ3v) is 24.9. The average molecular weight is 1890 g/mol. The zero-order valence-electron chi connectivity index (χ0n) is 75.3. The number of Topliss-reactive ketones (excluding diaryl/α,β-unsaturated/α-hetero) is 1. The zero-order valence-corrected chi connectivity index (χ0v) is 76.1. The minimum Gasteiger partial charge on any atom is -0.508 e. The number of aromatic amines is 2. The fourth-order valence-corrected chi connectivity index (χ4v) is 17.2. The van der Waals surface area contributed by atoms with E-state index in [1.807, 2.05) is 0 Å². The average Bonchev–Trinajstić information content (AvgIpc) is 1.55. The first-order chi connectivity index (χ1) is 63.6. The number of carbonyl (C=O) groups is 20. The van der Waals surface area contributed by atoms with Crippen LogP contribution in [-0.2, 0) is 115 Å². The summed E-state index contributed by atoms with van der Waals surface area (Å²) >= 11 is 0.672. The number of thioether (sulfide) groups is 1. The number of amides is 16. The van der Waals surface area contributed by atoms with Crippen LogP contribution in [0.1, 0.15) is 147 Å². The number of aliphatic hydroxyl groups excluding tert-OH is 2. The molecule has 0 aliphatic carbocycles. The summed E-state index contributed by atoms with van der Waals surface area (Å²) in [7, 11) is 3.67. The Balaban J connectivity index is 1.21. The number of carboxylic acids is 3. The number of hydrogen-bond acceptors (Lipinski definition) is 24. The first kappa shape index (κ1) is 106. The summed E-state index contributed by atoms with van der Waals surface area (Å²) in [5.41, 5.74) is 13.4. The number of nitrogens with one attached hydrogen (secondary N) is 11. The smallest absolute Gasteiger partial charge is 0.305 e. The number of benzene rings is 3. The van der Waals surface area contributed by atoms with Crippen LogP contribution < -0.4 is 59.3 Å². The van der Waals surface area contributed by atoms with Crippen molar-refractivity contribution < 1.29 is 127 Å². The first-order valence-electron chi connectivity index (χ1n) is 44.2. The van der Waals surface area contributed by atoms with Crippen LogP contribution in [0, 0.1) is 5.92 Å². The summed E-state index contributed by atoms with van der Waals surface area (Å²) in [5.74, 6) is -25.3. The van der Waals surface area contributed by atoms with Crippen LogP contribution in [0.5, 0.6) is 5.75 Å². The standard InChI is InChI=1S/C89H120N18O26S/c1-7-9-20-66-83(127)97-59(29-32-75(117)118)81(125)102-65(79(123)94-42-72(91)113)45-134-46-73(114)95-61(34-48-23-25-52(109)26-24-48)85(129)103(4)47(3)77(121)99-63(39-76(119)120)88(132)106-33-15-22-67(106)84(128)101-64(44-108)82(126)98-60(27-30-71(90)112)87(131)107-43-53(110)38-69(107)70(111)37-49(35-50-40-92-56-18-13-11-16-54(50)56)78(122)96-58(28-31-74(115)116)80(124)100-62(36-51-41-93-57-19-14-12-17-55(51)57)86(130)105(6)68(21-10-8-2)89(133)104(66)5/h11-14,16-19,23-26,40-41,47,49,53,58-69,92-93,108-110H,7-10,15,20-22,27-39,42-46H2,1-6H3,(H2,90,112)(H2,91,113)(H,94,123)(H,95,114)(H,96,122)(H,97,127)(H,98,126)(H,99,121)(H,100,124)(H,101,128)(H,102,125)(H,115,116)(H,117,118)(H,119,120)/t47-,49+,53+,58-,59-,60-,61-,62-,63-,64-,65-,66-,67-,68-,69-/m0/s1. The molecule has 3 saturated heterocycles. The molecule has 21 N–H and O–H groups in total. The van der Waals surface area contributed by atoms with Crippen molar-refractivity contribution in [3.8, 4) is 5.75 Å². The van der Waals surface area contributed by atoms with Gasteiger partial charge in [-0.05, 0) is 99.2 Å². The Bertz CT molecular complexity index is 5120. The lowest BCUT2D eigenvalue weighted by atomic mass is 9.90. The number of ketones is 1. The number of phenols is 1. The van der Waals surface area contributed by atoms with E-state index in [1.54, 1.807) is 74.8 Å². The Morgan fingerprint density at radius 2 is 1.02 bits per heavy atom. The molecule has 45 heteroatoms. The zero-order chi connectivity index (χ0) is 98.5. The van der Waals surface area contributed by atoms with Gasteiger partial charge in [0, 0.05) is 125 Å². The molecule has 16 amide bonds. The molecule has 0 radical (unpaired) electrons. The second kappa shape index (κ2) is 50.3. The molecule has 0 unspecified atom stereocenters. The number of fused-ring (bicyclic) bond motifs is 4. The number of nitrogens with zero attached hydrogens (tertiary/aromatic N) is 5. The van der Waals surface area contributed by atoms with E-state index in [2.05, 4.69) is 57.8 Å². The normalized spacial score (nSPS) is 24.8. The lowest BCUT2D eigenvalue weighted by Crippen LogP contribution is -2.60. The number of carbonyl (C=O) groups excluding carboxylic acids is 17. The van der Waals surface area contributed by atoms with Crippen molar-refractivity contribution in [3.63, 3.8) is 0 Å². The van der Waals surface area contributed by atoms with Crippen molar-refractivity contribution in [3.05, 3.63) is 102 Å². The van der Waals surface area contributed by atoms with E-state index in [9.17, 15) is 93.0 Å². The van der Waals surface area contributed by atoms with Crippen LogP contribution in [0.25, 0.3) is 21.8 Å². The van der Waals surface area contributed by atoms with Crippen molar-refractivity contribution in [2.75, 3.05) is 58.9 Å². The quantitative estimate of drug-likeness (QED) is 0.0258. The number of H-pyrrole nitrogens is 2. The van der Waals surface area contributed by atoms with Crippen molar-refractivity contribution in [1.29, 1.82) is 0 Å². The summed E-state index contributed by atoms with van der Waals surface area (Å²) in [5, 5.41) is 86.2. The fourth-order valence-electron chi connectivity index (χ4n) is 16.3. The molecule has 3 aromatic carbocycles. The number of aromatic nitrogens is 2. The van der Waals surface area contributed by atoms with E-state index < -0.39 is 298 Å². The van der Waals surface area contributed by atoms with Gasteiger partial charge in [0.25, 0.3) is 0 Å². The molecule has 44 nitrogen and oxygen atoms in total. The first-order valence-corrected chi connectivity index (χ1v) is 45.4. The number of nitrogens with two attached hydrogens (primary N) is 2. The molecule has 0 spiro atoms. The van der Waals surface area contributed by atoms with Gasteiger partial charge >= 0.3 is 17.9 Å². The molecular formula is C89H120N18O26S. The SMILES string of the molecule is CCCC[C@H]1C(=O)N(C)[C@@H](CCCC)C(=O)N[C@@H](CCC(=O)O)C(=O)N[C@H](C(=O)NCC(N)=O)CSCC(=O)N[C@@H](Cc2ccc(O)cc2)C(=O)N(C)[C@@H](C)C(=O)N[C@@H](CC(=O)O)C(=O)N2CCC[C@H]2C(=O)N[C@@H](CO)C(=O)N[C@@H](CCC(N)=O)C(=O)N2C[C@H](O)C[C@H]2C(=O)C[C@@H](Cc2c[nH]c3ccccc23)C(=O)N[C@@H](CCC(=O)O)C(=O)N[C@@H](Cc2c[nH]c3ccccc23)C(=O)N1C. The third-order valence-electron chi connectivity index (χ3n) is 23.9. The number of para-hydroxylation sites is 2. The summed E-state index contributed by atoms with van der Waals surface area (Å²) in [6, 6.07) is -3.14. The van der Waals surface area contributed by atoms with Crippen molar-refractivity contribution >= 4 is 152 Å². The summed E-state index contributed by atoms with van der Waals surface area (Å²) in [6.45, 7) is 1.91. The molecule has 5 heterocycles. The Morgan fingerprint density at radius 3 is 1.60 bits per heavy atom. The summed E-state index contributed by atoms with van der Waals surface area (Å²) < 4.78 is 0. The number of rotatable bonds is 27. The maximum Gasteiger partial charge on any atom is 0.305 e. The van der Waals surface area contributed by atoms with Gasteiger partial charge in [-0.25, -0.2) is 0 Å². The topological polar surface area (TPSA) is 671 Å². The van der Waals surface area contributed by atoms with Gasteiger partial charge in [0.1, 0.15) is 78.3 Å². The number of aromatic hydroxyl groups is 1. The second-order valence-electron chi connectivity index (χ2n) is 33.7. The predicted molar refractivity (Wildman–Crippen MR) is 481 cm³/mol. The van der Waals surface area contributed by atoms with E-state index in [1.165, 1.54) is 45.3 Å². The molecule has 15 atom stereocenters. The minimum atomic E-state index is -1.98. The van der Waals surface area contributed by atoms with Crippen LogP contribution in [-0.4, -0.2) is 327 Å². The van der Waals surface area contributed by atoms with Crippen LogP contribution >= 0.6 is 11.8 Å². The maximum atomic E-state index is 15.8. The molecule has 0 bridgehead atoms. The molecule has 8 rings (SSSR count). The van der Waals surface area contributed by atoms with Crippen LogP contribution in [0.4, 0.5) is 0 Å². The van der Waals surface area contributed by atoms with Gasteiger partial charge in [-0.3, -0.25) is 95.9 Å². The number of unbranched alkanes of at least 4 members (excludes halogenated alkanes) is 2. The van der Waals surface area contributed by atoms with Crippen LogP contribution in [0.15, 0.2) is 85.2 Å². The number of aliphatic hydroxyl groups is 2. The van der Waals surface area contributed by atoms with Crippen molar-refractivity contribution in [2.45, 2.75) is 234 Å². The van der Waals surface area contributed by atoms with Crippen molar-refractivity contribution in [2.24, 2.45) is 17.4 Å². The Morgan fingerprint density at radius 1 is 0.507 bits per heavy atom. The molecule has 3 aliphatic rings. The monoisotopic (exact) mass is 1890 g/mol. The highest BCUT2D eigenvalue weighted by Gasteiger charge is 2.47. The highest BCUT2D eigenvalue weighted by atomic mass is 32.2. The Hall–Kier alpha value is -13.6. The molecule has 3 fully saturated rings. The number of primary amides is 2. The summed E-state index contributed by atoms with van der Waals surface area (Å²) in [6.07, 6.45) is -4.74. The Labute approximate surface area is 774 Å². The molecule has 134 heavy (non-hydrogen) atoms. The van der Waals surface area contributed by atoms with Gasteiger partial charge in [-0.15, -0.1) is 11.8 Å². The highest BCUT2D eigenvalue weighted by Crippen LogP contribution is 2.30. The molecule has 3 aliphatic heterocycles. The number of likely N-dealkylation sites (N-methyl/N-ethyl adjacent to an activating group) is 3. The van der Waals surface area contributed by atoms with Gasteiger partial charge in [0.2, 0.25) is 94.5 Å². The van der Waals surface area contributed by atoms with Crippen LogP contribution in [0.3, 0.4) is 0 Å². The maximum absolute atomic E-state index is 15.8. The summed E-state index contributed by atoms with van der Waals surface area (Å²) in [4.78, 5) is 296. The molecule has 2 aromatic heterocycles. The predicted octanol–water partition coefficient (Wildman–Crippen LogP) is -2.52. The third kappa shape index (κ3) is 29.7. The minimum absolute atomic E-state index is 0.0669. The van der Waals surface area contributed by atoms with E-state index >= 15 is 33.6 Å². The van der Waals surface area contributed by atoms with E-state index in [-0.39, 0.29) is 70.1 Å². The highest BCUT2D eigenvalue weighted by molar-refractivity contribution is 8.00. The van der Waals surface area contributed by atoms with Gasteiger partial charge < -0.3 is 124 Å². The van der Waals surface area contributed by atoms with Gasteiger partial charge in [-0.2, -0.15) is 0 Å².